The average molecular weight is 262 g/mol. The van der Waals surface area contributed by atoms with Gasteiger partial charge in [0.05, 0.1) is 26.0 Å². The molecule has 100 valence electrons. The van der Waals surface area contributed by atoms with Gasteiger partial charge in [-0.15, -0.1) is 10.2 Å². The number of aryl methyl sites for hydroxylation is 1. The summed E-state index contributed by atoms with van der Waals surface area (Å²) < 4.78 is 6.46. The molecule has 0 amide bonds. The van der Waals surface area contributed by atoms with Crippen molar-refractivity contribution >= 4 is 11.8 Å². The number of rotatable bonds is 5. The van der Waals surface area contributed by atoms with Crippen LogP contribution in [0.25, 0.3) is 0 Å². The lowest BCUT2D eigenvalue weighted by molar-refractivity contribution is 0.0593. The third kappa shape index (κ3) is 3.03. The quantitative estimate of drug-likeness (QED) is 0.783. The third-order valence-electron chi connectivity index (χ3n) is 2.51. The highest BCUT2D eigenvalue weighted by molar-refractivity contribution is 5.86. The van der Waals surface area contributed by atoms with Crippen molar-refractivity contribution in [2.24, 2.45) is 0 Å². The lowest BCUT2D eigenvalue weighted by Gasteiger charge is -2.06. The van der Waals surface area contributed by atoms with E-state index < -0.39 is 5.97 Å². The van der Waals surface area contributed by atoms with Gasteiger partial charge in [0.25, 0.3) is 0 Å². The topological polar surface area (TPSA) is 94.8 Å². The summed E-state index contributed by atoms with van der Waals surface area (Å²) in [5.41, 5.74) is 0.171. The minimum atomic E-state index is -0.509. The monoisotopic (exact) mass is 262 g/mol. The molecule has 1 N–H and O–H groups in total. The molecule has 2 aromatic rings. The zero-order valence-corrected chi connectivity index (χ0v) is 10.7. The summed E-state index contributed by atoms with van der Waals surface area (Å²) in [5, 5.41) is 10.9. The van der Waals surface area contributed by atoms with Crippen LogP contribution in [-0.2, 0) is 17.8 Å². The molecule has 0 bridgehead atoms. The fourth-order valence-electron chi connectivity index (χ4n) is 1.48. The highest BCUT2D eigenvalue weighted by Gasteiger charge is 2.08. The van der Waals surface area contributed by atoms with Crippen LogP contribution in [0.2, 0.25) is 0 Å². The molecule has 0 atom stereocenters. The minimum absolute atomic E-state index is 0.171. The molecule has 0 unspecified atom stereocenters. The molecule has 0 aliphatic heterocycles. The molecule has 2 aromatic heterocycles. The number of methoxy groups -OCH3 is 1. The number of carbonyl (C=O) groups excluding carboxylic acids is 1. The maximum atomic E-state index is 11.2. The molecule has 0 aliphatic carbocycles. The third-order valence-corrected chi connectivity index (χ3v) is 2.51. The highest BCUT2D eigenvalue weighted by atomic mass is 16.5. The summed E-state index contributed by atoms with van der Waals surface area (Å²) >= 11 is 0. The Morgan fingerprint density at radius 3 is 2.89 bits per heavy atom. The Morgan fingerprint density at radius 1 is 1.42 bits per heavy atom. The van der Waals surface area contributed by atoms with Gasteiger partial charge in [0.1, 0.15) is 12.1 Å². The van der Waals surface area contributed by atoms with Gasteiger partial charge < -0.3 is 14.6 Å². The largest absolute Gasteiger partial charge is 0.464 e. The number of ether oxygens (including phenoxy) is 1. The van der Waals surface area contributed by atoms with Crippen LogP contribution < -0.4 is 5.32 Å². The average Bonchev–Trinajstić information content (AvgIpc) is 2.92. The van der Waals surface area contributed by atoms with E-state index in [0.717, 1.165) is 12.4 Å². The minimum Gasteiger partial charge on any atom is -0.464 e. The van der Waals surface area contributed by atoms with Crippen LogP contribution in [0.1, 0.15) is 23.2 Å². The molecule has 0 aliphatic rings. The number of aromatic nitrogens is 5. The second-order valence-corrected chi connectivity index (χ2v) is 3.67. The standard InChI is InChI=1S/C11H14N6O2/c1-3-17-7-15-16-10(17)6-14-9-5-12-8(4-13-9)11(18)19-2/h4-5,7H,3,6H2,1-2H3,(H,13,14). The van der Waals surface area contributed by atoms with E-state index in [0.29, 0.717) is 12.4 Å². The van der Waals surface area contributed by atoms with Crippen molar-refractivity contribution in [3.05, 3.63) is 30.2 Å². The van der Waals surface area contributed by atoms with Crippen LogP contribution in [0.3, 0.4) is 0 Å². The first-order valence-corrected chi connectivity index (χ1v) is 5.75. The van der Waals surface area contributed by atoms with Crippen LogP contribution in [0.15, 0.2) is 18.7 Å². The van der Waals surface area contributed by atoms with E-state index in [-0.39, 0.29) is 5.69 Å². The molecule has 2 heterocycles. The van der Waals surface area contributed by atoms with Crippen molar-refractivity contribution in [3.63, 3.8) is 0 Å². The highest BCUT2D eigenvalue weighted by Crippen LogP contribution is 2.04. The van der Waals surface area contributed by atoms with Crippen LogP contribution >= 0.6 is 0 Å². The fourth-order valence-corrected chi connectivity index (χ4v) is 1.48. The lowest BCUT2D eigenvalue weighted by Crippen LogP contribution is -2.10. The summed E-state index contributed by atoms with van der Waals surface area (Å²) in [6.45, 7) is 3.30. The molecule has 0 saturated heterocycles. The zero-order chi connectivity index (χ0) is 13.7. The van der Waals surface area contributed by atoms with Gasteiger partial charge in [0.2, 0.25) is 0 Å². The SMILES string of the molecule is CCn1cnnc1CNc1cnc(C(=O)OC)cn1. The number of esters is 1. The summed E-state index contributed by atoms with van der Waals surface area (Å²) in [7, 11) is 1.30. The van der Waals surface area contributed by atoms with Crippen molar-refractivity contribution < 1.29 is 9.53 Å². The number of nitrogens with zero attached hydrogens (tertiary/aromatic N) is 5. The molecular weight excluding hydrogens is 248 g/mol. The van der Waals surface area contributed by atoms with Crippen molar-refractivity contribution in [1.82, 2.24) is 24.7 Å². The van der Waals surface area contributed by atoms with Gasteiger partial charge in [-0.3, -0.25) is 0 Å². The second-order valence-electron chi connectivity index (χ2n) is 3.67. The molecule has 0 fully saturated rings. The number of nitrogens with one attached hydrogen (secondary N) is 1. The van der Waals surface area contributed by atoms with Crippen LogP contribution in [0.5, 0.6) is 0 Å². The molecular formula is C11H14N6O2. The zero-order valence-electron chi connectivity index (χ0n) is 10.7. The second kappa shape index (κ2) is 5.89. The smallest absolute Gasteiger partial charge is 0.358 e. The Kier molecular flexibility index (Phi) is 4.01. The van der Waals surface area contributed by atoms with Crippen LogP contribution in [0, 0.1) is 0 Å². The van der Waals surface area contributed by atoms with Crippen LogP contribution in [0.4, 0.5) is 5.82 Å². The summed E-state index contributed by atoms with van der Waals surface area (Å²) in [4.78, 5) is 19.2. The van der Waals surface area contributed by atoms with Crippen molar-refractivity contribution in [2.45, 2.75) is 20.0 Å². The number of hydrogen-bond donors (Lipinski definition) is 1. The fraction of sp³-hybridized carbons (Fsp3) is 0.364. The van der Waals surface area contributed by atoms with Gasteiger partial charge in [0, 0.05) is 6.54 Å². The number of anilines is 1. The maximum absolute atomic E-state index is 11.2. The predicted molar refractivity (Wildman–Crippen MR) is 66.4 cm³/mol. The van der Waals surface area contributed by atoms with Gasteiger partial charge in [-0.2, -0.15) is 0 Å². The van der Waals surface area contributed by atoms with E-state index in [1.54, 1.807) is 6.33 Å². The summed E-state index contributed by atoms with van der Waals surface area (Å²) in [5.74, 6) is 0.851. The maximum Gasteiger partial charge on any atom is 0.358 e. The molecule has 0 aromatic carbocycles. The molecule has 8 nitrogen and oxygen atoms in total. The molecule has 0 radical (unpaired) electrons. The van der Waals surface area contributed by atoms with Gasteiger partial charge in [0.15, 0.2) is 11.5 Å². The predicted octanol–water partition coefficient (Wildman–Crippen LogP) is 0.487. The molecule has 0 spiro atoms. The number of carbonyl (C=O) groups is 1. The van der Waals surface area contributed by atoms with E-state index in [4.69, 9.17) is 0 Å². The van der Waals surface area contributed by atoms with Gasteiger partial charge >= 0.3 is 5.97 Å². The Labute approximate surface area is 109 Å². The van der Waals surface area contributed by atoms with Crippen molar-refractivity contribution in [3.8, 4) is 0 Å². The van der Waals surface area contributed by atoms with Gasteiger partial charge in [-0.1, -0.05) is 0 Å². The molecule has 8 heteroatoms. The van der Waals surface area contributed by atoms with Crippen LogP contribution in [-0.4, -0.2) is 37.8 Å². The van der Waals surface area contributed by atoms with Crippen molar-refractivity contribution in [2.75, 3.05) is 12.4 Å². The van der Waals surface area contributed by atoms with E-state index in [2.05, 4.69) is 30.2 Å². The summed E-state index contributed by atoms with van der Waals surface area (Å²) in [6, 6.07) is 0. The first-order valence-electron chi connectivity index (χ1n) is 5.75. The van der Waals surface area contributed by atoms with E-state index in [9.17, 15) is 4.79 Å². The Bertz CT molecular complexity index is 551. The Balaban J connectivity index is 1.98. The van der Waals surface area contributed by atoms with E-state index >= 15 is 0 Å². The lowest BCUT2D eigenvalue weighted by atomic mass is 10.4. The summed E-state index contributed by atoms with van der Waals surface area (Å²) in [6.07, 6.45) is 4.50. The first kappa shape index (κ1) is 12.9. The molecule has 0 saturated carbocycles. The van der Waals surface area contributed by atoms with E-state index in [1.807, 2.05) is 11.5 Å². The normalized spacial score (nSPS) is 10.2. The molecule has 2 rings (SSSR count). The Hall–Kier alpha value is -2.51. The number of hydrogen-bond acceptors (Lipinski definition) is 7. The van der Waals surface area contributed by atoms with Gasteiger partial charge in [-0.25, -0.2) is 14.8 Å². The molecule has 19 heavy (non-hydrogen) atoms. The first-order chi connectivity index (χ1) is 9.24. The van der Waals surface area contributed by atoms with Gasteiger partial charge in [-0.05, 0) is 6.92 Å². The van der Waals surface area contributed by atoms with E-state index in [1.165, 1.54) is 19.5 Å². The van der Waals surface area contributed by atoms with Crippen molar-refractivity contribution in [1.29, 1.82) is 0 Å². The Morgan fingerprint density at radius 2 is 2.26 bits per heavy atom.